The number of rotatable bonds is 10. The fraction of sp³-hybridized carbons (Fsp3) is 0.625. The monoisotopic (exact) mass is 296 g/mol. The molecule has 0 fully saturated rings. The molecule has 0 spiro atoms. The quantitative estimate of drug-likeness (QED) is 0.690. The molecular weight excluding hydrogens is 268 g/mol. The number of anilines is 1. The minimum absolute atomic E-state index is 0.107. The van der Waals surface area contributed by atoms with Gasteiger partial charge in [-0.25, -0.2) is 0 Å². The summed E-state index contributed by atoms with van der Waals surface area (Å²) in [7, 11) is 3.37. The first kappa shape index (κ1) is 17.8. The van der Waals surface area contributed by atoms with Crippen LogP contribution >= 0.6 is 0 Å². The van der Waals surface area contributed by atoms with Crippen molar-refractivity contribution in [3.8, 4) is 5.75 Å². The molecule has 0 radical (unpaired) electrons. The van der Waals surface area contributed by atoms with Crippen LogP contribution < -0.4 is 15.0 Å². The molecule has 1 atom stereocenters. The SMILES string of the molecule is CCNC(C)c1c(OC)cccc1N(CCO)CCOC. The maximum atomic E-state index is 9.33. The van der Waals surface area contributed by atoms with Gasteiger partial charge < -0.3 is 24.8 Å². The van der Waals surface area contributed by atoms with E-state index < -0.39 is 0 Å². The first-order valence-corrected chi connectivity index (χ1v) is 7.44. The van der Waals surface area contributed by atoms with Gasteiger partial charge >= 0.3 is 0 Å². The lowest BCUT2D eigenvalue weighted by Gasteiger charge is -2.29. The number of methoxy groups -OCH3 is 2. The molecule has 5 nitrogen and oxygen atoms in total. The lowest BCUT2D eigenvalue weighted by Crippen LogP contribution is -2.32. The van der Waals surface area contributed by atoms with E-state index >= 15 is 0 Å². The summed E-state index contributed by atoms with van der Waals surface area (Å²) < 4.78 is 10.7. The predicted molar refractivity (Wildman–Crippen MR) is 86.3 cm³/mol. The highest BCUT2D eigenvalue weighted by atomic mass is 16.5. The molecule has 1 aromatic carbocycles. The summed E-state index contributed by atoms with van der Waals surface area (Å²) in [5.41, 5.74) is 2.19. The molecule has 0 bridgehead atoms. The van der Waals surface area contributed by atoms with Crippen LogP contribution in [0.1, 0.15) is 25.5 Å². The number of ether oxygens (including phenoxy) is 2. The molecule has 0 aliphatic rings. The van der Waals surface area contributed by atoms with E-state index in [0.29, 0.717) is 13.2 Å². The van der Waals surface area contributed by atoms with Crippen molar-refractivity contribution in [1.82, 2.24) is 5.32 Å². The summed E-state index contributed by atoms with van der Waals surface area (Å²) in [6, 6.07) is 6.19. The van der Waals surface area contributed by atoms with Crippen LogP contribution in [0.25, 0.3) is 0 Å². The van der Waals surface area contributed by atoms with Crippen molar-refractivity contribution >= 4 is 5.69 Å². The molecule has 5 heteroatoms. The Morgan fingerprint density at radius 1 is 1.29 bits per heavy atom. The Bertz CT molecular complexity index is 413. The Kier molecular flexibility index (Phi) is 8.12. The van der Waals surface area contributed by atoms with E-state index in [1.54, 1.807) is 14.2 Å². The highest BCUT2D eigenvalue weighted by Gasteiger charge is 2.19. The fourth-order valence-corrected chi connectivity index (χ4v) is 2.50. The van der Waals surface area contributed by atoms with Crippen LogP contribution in [0, 0.1) is 0 Å². The molecule has 120 valence electrons. The smallest absolute Gasteiger partial charge is 0.125 e. The van der Waals surface area contributed by atoms with Gasteiger partial charge in [-0.05, 0) is 25.6 Å². The van der Waals surface area contributed by atoms with Gasteiger partial charge in [-0.15, -0.1) is 0 Å². The highest BCUT2D eigenvalue weighted by molar-refractivity contribution is 5.61. The molecule has 1 rings (SSSR count). The zero-order valence-corrected chi connectivity index (χ0v) is 13.6. The molecule has 2 N–H and O–H groups in total. The van der Waals surface area contributed by atoms with Gasteiger partial charge in [0.25, 0.3) is 0 Å². The van der Waals surface area contributed by atoms with E-state index in [4.69, 9.17) is 9.47 Å². The zero-order valence-electron chi connectivity index (χ0n) is 13.6. The molecule has 1 unspecified atom stereocenters. The number of hydrogen-bond donors (Lipinski definition) is 2. The summed E-state index contributed by atoms with van der Waals surface area (Å²) in [4.78, 5) is 2.13. The Labute approximate surface area is 127 Å². The van der Waals surface area contributed by atoms with Crippen LogP contribution in [0.15, 0.2) is 18.2 Å². The van der Waals surface area contributed by atoms with Gasteiger partial charge in [0.1, 0.15) is 5.75 Å². The average molecular weight is 296 g/mol. The lowest BCUT2D eigenvalue weighted by atomic mass is 10.0. The molecule has 0 saturated heterocycles. The highest BCUT2D eigenvalue weighted by Crippen LogP contribution is 2.34. The maximum absolute atomic E-state index is 9.33. The van der Waals surface area contributed by atoms with Crippen LogP contribution in [-0.2, 0) is 4.74 Å². The minimum atomic E-state index is 0.107. The third-order valence-electron chi connectivity index (χ3n) is 3.48. The number of aliphatic hydroxyl groups excluding tert-OH is 1. The van der Waals surface area contributed by atoms with Crippen LogP contribution in [0.2, 0.25) is 0 Å². The van der Waals surface area contributed by atoms with Gasteiger partial charge in [0, 0.05) is 37.5 Å². The standard InChI is InChI=1S/C16H28N2O3/c1-5-17-13(2)16-14(7-6-8-15(16)21-4)18(9-11-19)10-12-20-3/h6-8,13,17,19H,5,9-12H2,1-4H3. The van der Waals surface area contributed by atoms with Crippen LogP contribution in [0.5, 0.6) is 5.75 Å². The van der Waals surface area contributed by atoms with Crippen molar-refractivity contribution in [3.05, 3.63) is 23.8 Å². The summed E-state index contributed by atoms with van der Waals surface area (Å²) >= 11 is 0. The average Bonchev–Trinajstić information content (AvgIpc) is 2.50. The maximum Gasteiger partial charge on any atom is 0.125 e. The second-order valence-electron chi connectivity index (χ2n) is 4.88. The molecule has 0 amide bonds. The number of nitrogens with zero attached hydrogens (tertiary/aromatic N) is 1. The second kappa shape index (κ2) is 9.60. The normalized spacial score (nSPS) is 12.2. The van der Waals surface area contributed by atoms with E-state index in [9.17, 15) is 5.11 Å². The predicted octanol–water partition coefficient (Wildman–Crippen LogP) is 1.81. The van der Waals surface area contributed by atoms with Crippen molar-refractivity contribution in [1.29, 1.82) is 0 Å². The largest absolute Gasteiger partial charge is 0.496 e. The zero-order chi connectivity index (χ0) is 15.7. The van der Waals surface area contributed by atoms with Crippen molar-refractivity contribution in [2.24, 2.45) is 0 Å². The Morgan fingerprint density at radius 3 is 2.62 bits per heavy atom. The minimum Gasteiger partial charge on any atom is -0.496 e. The Morgan fingerprint density at radius 2 is 2.05 bits per heavy atom. The molecule has 0 aliphatic carbocycles. The number of hydrogen-bond acceptors (Lipinski definition) is 5. The third kappa shape index (κ3) is 4.88. The van der Waals surface area contributed by atoms with Gasteiger partial charge in [-0.2, -0.15) is 0 Å². The molecule has 21 heavy (non-hydrogen) atoms. The van der Waals surface area contributed by atoms with Crippen molar-refractivity contribution in [2.75, 3.05) is 52.0 Å². The first-order chi connectivity index (χ1) is 10.2. The topological polar surface area (TPSA) is 54.0 Å². The lowest BCUT2D eigenvalue weighted by molar-refractivity contribution is 0.202. The van der Waals surface area contributed by atoms with E-state index in [1.807, 2.05) is 12.1 Å². The van der Waals surface area contributed by atoms with Crippen LogP contribution in [0.3, 0.4) is 0 Å². The molecule has 0 aromatic heterocycles. The summed E-state index contributed by atoms with van der Waals surface area (Å²) in [6.07, 6.45) is 0. The summed E-state index contributed by atoms with van der Waals surface area (Å²) in [5, 5.41) is 12.8. The van der Waals surface area contributed by atoms with Gasteiger partial charge in [-0.3, -0.25) is 0 Å². The fourth-order valence-electron chi connectivity index (χ4n) is 2.50. The van der Waals surface area contributed by atoms with Crippen LogP contribution in [-0.4, -0.2) is 52.2 Å². The molecule has 0 aliphatic heterocycles. The van der Waals surface area contributed by atoms with Gasteiger partial charge in [0.05, 0.1) is 20.3 Å². The number of nitrogens with one attached hydrogen (secondary N) is 1. The Balaban J connectivity index is 3.17. The molecule has 1 aromatic rings. The van der Waals surface area contributed by atoms with Gasteiger partial charge in [0.15, 0.2) is 0 Å². The first-order valence-electron chi connectivity index (χ1n) is 7.44. The molecule has 0 heterocycles. The summed E-state index contributed by atoms with van der Waals surface area (Å²) in [5.74, 6) is 0.862. The van der Waals surface area contributed by atoms with Crippen LogP contribution in [0.4, 0.5) is 5.69 Å². The van der Waals surface area contributed by atoms with E-state index in [-0.39, 0.29) is 12.6 Å². The van der Waals surface area contributed by atoms with E-state index in [1.165, 1.54) is 0 Å². The van der Waals surface area contributed by atoms with Gasteiger partial charge in [-0.1, -0.05) is 13.0 Å². The number of aliphatic hydroxyl groups is 1. The number of benzene rings is 1. The summed E-state index contributed by atoms with van der Waals surface area (Å²) in [6.45, 7) is 7.12. The van der Waals surface area contributed by atoms with Crippen molar-refractivity contribution < 1.29 is 14.6 Å². The van der Waals surface area contributed by atoms with Crippen molar-refractivity contribution in [2.45, 2.75) is 19.9 Å². The molecular formula is C16H28N2O3. The van der Waals surface area contributed by atoms with Crippen molar-refractivity contribution in [3.63, 3.8) is 0 Å². The van der Waals surface area contributed by atoms with E-state index in [0.717, 1.165) is 30.1 Å². The molecule has 0 saturated carbocycles. The van der Waals surface area contributed by atoms with Gasteiger partial charge in [0.2, 0.25) is 0 Å². The Hall–Kier alpha value is -1.30. The van der Waals surface area contributed by atoms with E-state index in [2.05, 4.69) is 30.1 Å². The third-order valence-corrected chi connectivity index (χ3v) is 3.48. The second-order valence-corrected chi connectivity index (χ2v) is 4.88.